The van der Waals surface area contributed by atoms with E-state index >= 15 is 0 Å². The molecule has 0 rings (SSSR count). The maximum atomic E-state index is 5.31. The summed E-state index contributed by atoms with van der Waals surface area (Å²) in [4.78, 5) is 0. The van der Waals surface area contributed by atoms with Crippen LogP contribution in [0.25, 0.3) is 0 Å². The van der Waals surface area contributed by atoms with Crippen LogP contribution < -0.4 is 11.5 Å². The molecule has 4 nitrogen and oxygen atoms in total. The van der Waals surface area contributed by atoms with Crippen molar-refractivity contribution in [3.63, 3.8) is 0 Å². The molecule has 0 fully saturated rings. The molecule has 0 radical (unpaired) electrons. The monoisotopic (exact) mass is 216 g/mol. The summed E-state index contributed by atoms with van der Waals surface area (Å²) >= 11 is 0. The van der Waals surface area contributed by atoms with Crippen LogP contribution in [0.5, 0.6) is 0 Å². The predicted octanol–water partition coefficient (Wildman–Crippen LogP) is 0.977. The first-order valence-electron chi connectivity index (χ1n) is 3.50. The Morgan fingerprint density at radius 2 is 1.17 bits per heavy atom. The van der Waals surface area contributed by atoms with Gasteiger partial charge in [-0.1, -0.05) is 0 Å². The normalized spacial score (nSPS) is 14.7. The summed E-state index contributed by atoms with van der Waals surface area (Å²) in [6.45, 7) is 4.93. The predicted molar refractivity (Wildman–Crippen MR) is 56.4 cm³/mol. The van der Waals surface area contributed by atoms with Crippen molar-refractivity contribution in [3.05, 3.63) is 0 Å². The number of nitrogens with zero attached hydrogens (tertiary/aromatic N) is 2. The average molecular weight is 217 g/mol. The van der Waals surface area contributed by atoms with Crippen LogP contribution in [-0.4, -0.2) is 25.2 Å². The van der Waals surface area contributed by atoms with Gasteiger partial charge in [-0.3, -0.25) is 0 Å². The number of halogens is 2. The third-order valence-corrected chi connectivity index (χ3v) is 1.14. The minimum absolute atomic E-state index is 0. The Hall–Kier alpha value is 0.1000. The molecule has 0 aliphatic heterocycles. The SMILES string of the molecule is CC(CN)N=NC(C)CN.Cl.Cl. The van der Waals surface area contributed by atoms with Crippen molar-refractivity contribution in [2.24, 2.45) is 21.7 Å². The molecule has 12 heavy (non-hydrogen) atoms. The van der Waals surface area contributed by atoms with Gasteiger partial charge in [0.15, 0.2) is 0 Å². The van der Waals surface area contributed by atoms with E-state index in [1.54, 1.807) is 0 Å². The third kappa shape index (κ3) is 10.1. The van der Waals surface area contributed by atoms with Crippen molar-refractivity contribution in [2.45, 2.75) is 25.9 Å². The molecule has 6 heteroatoms. The Morgan fingerprint density at radius 1 is 0.917 bits per heavy atom. The van der Waals surface area contributed by atoms with E-state index in [9.17, 15) is 0 Å². The lowest BCUT2D eigenvalue weighted by molar-refractivity contribution is 0.627. The topological polar surface area (TPSA) is 76.8 Å². The van der Waals surface area contributed by atoms with Crippen LogP contribution in [0.2, 0.25) is 0 Å². The van der Waals surface area contributed by atoms with E-state index in [1.165, 1.54) is 0 Å². The molecule has 4 N–H and O–H groups in total. The average Bonchev–Trinajstić information content (AvgIpc) is 1.99. The largest absolute Gasteiger partial charge is 0.328 e. The molecule has 0 spiro atoms. The Bertz CT molecular complexity index is 97.7. The van der Waals surface area contributed by atoms with E-state index in [0.29, 0.717) is 13.1 Å². The molecule has 0 saturated carbocycles. The van der Waals surface area contributed by atoms with Crippen LogP contribution in [-0.2, 0) is 0 Å². The summed E-state index contributed by atoms with van der Waals surface area (Å²) in [5, 5.41) is 7.87. The lowest BCUT2D eigenvalue weighted by Gasteiger charge is -2.01. The summed E-state index contributed by atoms with van der Waals surface area (Å²) in [5.74, 6) is 0. The van der Waals surface area contributed by atoms with Gasteiger partial charge in [-0.25, -0.2) is 0 Å². The molecule has 2 unspecified atom stereocenters. The quantitative estimate of drug-likeness (QED) is 0.688. The van der Waals surface area contributed by atoms with E-state index in [2.05, 4.69) is 10.2 Å². The van der Waals surface area contributed by atoms with Gasteiger partial charge >= 0.3 is 0 Å². The molecular formula is C6H18Cl2N4. The standard InChI is InChI=1S/C6H16N4.2ClH/c1-5(3-7)9-10-6(2)4-8;;/h5-6H,3-4,7-8H2,1-2H3;2*1H. The zero-order valence-corrected chi connectivity index (χ0v) is 9.07. The number of azo groups is 1. The minimum Gasteiger partial charge on any atom is -0.328 e. The Balaban J connectivity index is -0.000000405. The number of hydrogen-bond acceptors (Lipinski definition) is 4. The van der Waals surface area contributed by atoms with Gasteiger partial charge in [0.1, 0.15) is 0 Å². The van der Waals surface area contributed by atoms with Gasteiger partial charge in [0, 0.05) is 13.1 Å². The van der Waals surface area contributed by atoms with Crippen molar-refractivity contribution in [1.82, 2.24) is 0 Å². The maximum Gasteiger partial charge on any atom is 0.0802 e. The van der Waals surface area contributed by atoms with Crippen molar-refractivity contribution >= 4 is 24.8 Å². The molecule has 0 amide bonds. The Kier molecular flexibility index (Phi) is 16.7. The third-order valence-electron chi connectivity index (χ3n) is 1.14. The van der Waals surface area contributed by atoms with Gasteiger partial charge in [-0.15, -0.1) is 24.8 Å². The number of nitrogens with two attached hydrogens (primary N) is 2. The fourth-order valence-corrected chi connectivity index (χ4v) is 0.322. The second-order valence-corrected chi connectivity index (χ2v) is 2.40. The minimum atomic E-state index is 0. The lowest BCUT2D eigenvalue weighted by atomic mass is 10.4. The van der Waals surface area contributed by atoms with Crippen molar-refractivity contribution in [1.29, 1.82) is 0 Å². The van der Waals surface area contributed by atoms with Gasteiger partial charge in [-0.05, 0) is 13.8 Å². The van der Waals surface area contributed by atoms with Crippen molar-refractivity contribution in [2.75, 3.05) is 13.1 Å². The van der Waals surface area contributed by atoms with E-state index < -0.39 is 0 Å². The van der Waals surface area contributed by atoms with E-state index in [-0.39, 0.29) is 36.9 Å². The van der Waals surface area contributed by atoms with Gasteiger partial charge in [0.2, 0.25) is 0 Å². The maximum absolute atomic E-state index is 5.31. The first kappa shape index (κ1) is 18.0. The molecule has 0 aromatic carbocycles. The highest BCUT2D eigenvalue weighted by Gasteiger charge is 1.96. The highest BCUT2D eigenvalue weighted by molar-refractivity contribution is 5.85. The molecular weight excluding hydrogens is 199 g/mol. The zero-order valence-electron chi connectivity index (χ0n) is 7.43. The summed E-state index contributed by atoms with van der Waals surface area (Å²) in [6, 6.07) is 0.239. The van der Waals surface area contributed by atoms with Crippen LogP contribution in [0.15, 0.2) is 10.2 Å². The molecule has 0 heterocycles. The van der Waals surface area contributed by atoms with Gasteiger partial charge in [-0.2, -0.15) is 10.2 Å². The van der Waals surface area contributed by atoms with Crippen molar-refractivity contribution in [3.8, 4) is 0 Å². The second-order valence-electron chi connectivity index (χ2n) is 2.40. The molecule has 0 saturated heterocycles. The fraction of sp³-hybridized carbons (Fsp3) is 1.00. The fourth-order valence-electron chi connectivity index (χ4n) is 0.322. The Morgan fingerprint density at radius 3 is 1.33 bits per heavy atom. The van der Waals surface area contributed by atoms with Crippen LogP contribution in [0.3, 0.4) is 0 Å². The molecule has 0 aromatic rings. The van der Waals surface area contributed by atoms with Crippen LogP contribution in [0, 0.1) is 0 Å². The zero-order chi connectivity index (χ0) is 7.98. The van der Waals surface area contributed by atoms with E-state index in [0.717, 1.165) is 0 Å². The smallest absolute Gasteiger partial charge is 0.0802 e. The van der Waals surface area contributed by atoms with Crippen LogP contribution >= 0.6 is 24.8 Å². The Labute approximate surface area is 86.0 Å². The van der Waals surface area contributed by atoms with Gasteiger partial charge in [0.25, 0.3) is 0 Å². The highest BCUT2D eigenvalue weighted by atomic mass is 35.5. The van der Waals surface area contributed by atoms with Gasteiger partial charge in [0.05, 0.1) is 12.1 Å². The molecule has 0 aliphatic rings. The molecule has 0 bridgehead atoms. The summed E-state index contributed by atoms with van der Waals surface area (Å²) in [7, 11) is 0. The lowest BCUT2D eigenvalue weighted by Crippen LogP contribution is -2.16. The first-order valence-corrected chi connectivity index (χ1v) is 3.50. The highest BCUT2D eigenvalue weighted by Crippen LogP contribution is 1.91. The van der Waals surface area contributed by atoms with Crippen LogP contribution in [0.4, 0.5) is 0 Å². The molecule has 76 valence electrons. The summed E-state index contributed by atoms with van der Waals surface area (Å²) in [6.07, 6.45) is 0. The van der Waals surface area contributed by atoms with Crippen LogP contribution in [0.1, 0.15) is 13.8 Å². The second kappa shape index (κ2) is 11.1. The number of hydrogen-bond donors (Lipinski definition) is 2. The summed E-state index contributed by atoms with van der Waals surface area (Å²) < 4.78 is 0. The molecule has 0 aromatic heterocycles. The molecule has 0 aliphatic carbocycles. The van der Waals surface area contributed by atoms with Crippen molar-refractivity contribution < 1.29 is 0 Å². The number of rotatable bonds is 4. The first-order chi connectivity index (χ1) is 4.70. The molecule has 2 atom stereocenters. The van der Waals surface area contributed by atoms with Gasteiger partial charge < -0.3 is 11.5 Å². The summed E-state index contributed by atoms with van der Waals surface area (Å²) in [5.41, 5.74) is 10.6. The van der Waals surface area contributed by atoms with E-state index in [4.69, 9.17) is 11.5 Å². The van der Waals surface area contributed by atoms with E-state index in [1.807, 2.05) is 13.8 Å².